The van der Waals surface area contributed by atoms with E-state index >= 15 is 0 Å². The smallest absolute Gasteiger partial charge is 0.305 e. The van der Waals surface area contributed by atoms with Crippen molar-refractivity contribution in [3.63, 3.8) is 0 Å². The Balaban J connectivity index is 2.08. The van der Waals surface area contributed by atoms with Gasteiger partial charge in [-0.1, -0.05) is 6.07 Å². The third-order valence-corrected chi connectivity index (χ3v) is 4.05. The number of benzene rings is 1. The molecule has 1 aliphatic heterocycles. The summed E-state index contributed by atoms with van der Waals surface area (Å²) in [5, 5.41) is 11.6. The van der Waals surface area contributed by atoms with Crippen LogP contribution in [0, 0.1) is 0 Å². The first kappa shape index (κ1) is 18.9. The summed E-state index contributed by atoms with van der Waals surface area (Å²) < 4.78 is 5.35. The third kappa shape index (κ3) is 5.29. The predicted molar refractivity (Wildman–Crippen MR) is 92.5 cm³/mol. The highest BCUT2D eigenvalue weighted by atomic mass is 16.5. The lowest BCUT2D eigenvalue weighted by Crippen LogP contribution is -2.38. The Kier molecular flexibility index (Phi) is 6.52. The van der Waals surface area contributed by atoms with Crippen molar-refractivity contribution in [3.8, 4) is 0 Å². The van der Waals surface area contributed by atoms with E-state index in [9.17, 15) is 14.4 Å². The summed E-state index contributed by atoms with van der Waals surface area (Å²) in [5.41, 5.74) is 0.928. The zero-order valence-corrected chi connectivity index (χ0v) is 14.5. The number of hydrogen-bond acceptors (Lipinski definition) is 4. The van der Waals surface area contributed by atoms with Crippen molar-refractivity contribution in [2.24, 2.45) is 0 Å². The topological polar surface area (TPSA) is 95.9 Å². The Bertz CT molecular complexity index is 638. The first-order chi connectivity index (χ1) is 11.9. The molecule has 1 aromatic carbocycles. The Morgan fingerprint density at radius 1 is 1.36 bits per heavy atom. The standard InChI is InChI=1S/C18H24N2O5/c1-12(2)20(9-8-16(21)22)18(24)13-5-3-6-14(11-13)19-17(23)15-7-4-10-25-15/h3,5-6,11-12,15H,4,7-10H2,1-2H3,(H,19,23)(H,21,22). The Morgan fingerprint density at radius 3 is 2.72 bits per heavy atom. The van der Waals surface area contributed by atoms with E-state index in [1.165, 1.54) is 4.90 Å². The number of nitrogens with one attached hydrogen (secondary N) is 1. The lowest BCUT2D eigenvalue weighted by atomic mass is 10.1. The minimum atomic E-state index is -0.948. The number of carbonyl (C=O) groups is 3. The summed E-state index contributed by atoms with van der Waals surface area (Å²) in [6, 6.07) is 6.53. The summed E-state index contributed by atoms with van der Waals surface area (Å²) >= 11 is 0. The van der Waals surface area contributed by atoms with Crippen LogP contribution in [0.25, 0.3) is 0 Å². The van der Waals surface area contributed by atoms with Gasteiger partial charge < -0.3 is 20.1 Å². The van der Waals surface area contributed by atoms with Gasteiger partial charge in [-0.15, -0.1) is 0 Å². The number of nitrogens with zero attached hydrogens (tertiary/aromatic N) is 1. The van der Waals surface area contributed by atoms with Gasteiger partial charge in [0.15, 0.2) is 0 Å². The fourth-order valence-corrected chi connectivity index (χ4v) is 2.71. The Morgan fingerprint density at radius 2 is 2.12 bits per heavy atom. The van der Waals surface area contributed by atoms with E-state index in [1.54, 1.807) is 24.3 Å². The van der Waals surface area contributed by atoms with Crippen LogP contribution in [0.2, 0.25) is 0 Å². The van der Waals surface area contributed by atoms with Crippen LogP contribution in [-0.2, 0) is 14.3 Å². The first-order valence-corrected chi connectivity index (χ1v) is 8.43. The average molecular weight is 348 g/mol. The largest absolute Gasteiger partial charge is 0.481 e. The van der Waals surface area contributed by atoms with E-state index in [0.29, 0.717) is 24.3 Å². The molecule has 1 heterocycles. The van der Waals surface area contributed by atoms with Crippen LogP contribution in [0.3, 0.4) is 0 Å². The molecule has 136 valence electrons. The van der Waals surface area contributed by atoms with Gasteiger partial charge in [0.25, 0.3) is 11.8 Å². The van der Waals surface area contributed by atoms with E-state index in [0.717, 1.165) is 6.42 Å². The fourth-order valence-electron chi connectivity index (χ4n) is 2.71. The molecule has 1 unspecified atom stereocenters. The number of carboxylic acid groups (broad SMARTS) is 1. The molecule has 7 heteroatoms. The second kappa shape index (κ2) is 8.62. The highest BCUT2D eigenvalue weighted by Crippen LogP contribution is 2.18. The molecule has 2 N–H and O–H groups in total. The van der Waals surface area contributed by atoms with Crippen molar-refractivity contribution in [3.05, 3.63) is 29.8 Å². The normalized spacial score (nSPS) is 16.7. The second-order valence-corrected chi connectivity index (χ2v) is 6.31. The number of amides is 2. The van der Waals surface area contributed by atoms with Crippen LogP contribution in [0.1, 0.15) is 43.5 Å². The van der Waals surface area contributed by atoms with Crippen LogP contribution in [0.5, 0.6) is 0 Å². The summed E-state index contributed by atoms with van der Waals surface area (Å²) in [5.74, 6) is -1.42. The minimum absolute atomic E-state index is 0.112. The van der Waals surface area contributed by atoms with Crippen molar-refractivity contribution < 1.29 is 24.2 Å². The number of rotatable bonds is 7. The molecule has 0 aromatic heterocycles. The van der Waals surface area contributed by atoms with Gasteiger partial charge in [0.05, 0.1) is 6.42 Å². The molecule has 1 aliphatic rings. The summed E-state index contributed by atoms with van der Waals surface area (Å²) in [6.07, 6.45) is 1.01. The van der Waals surface area contributed by atoms with Crippen molar-refractivity contribution in [2.45, 2.75) is 45.3 Å². The van der Waals surface area contributed by atoms with Crippen molar-refractivity contribution in [1.29, 1.82) is 0 Å². The van der Waals surface area contributed by atoms with Gasteiger partial charge in [-0.25, -0.2) is 0 Å². The fraction of sp³-hybridized carbons (Fsp3) is 0.500. The summed E-state index contributed by atoms with van der Waals surface area (Å²) in [6.45, 7) is 4.40. The van der Waals surface area contributed by atoms with Crippen molar-refractivity contribution >= 4 is 23.5 Å². The van der Waals surface area contributed by atoms with Gasteiger partial charge in [0, 0.05) is 30.4 Å². The molecular formula is C18H24N2O5. The number of ether oxygens (including phenoxy) is 1. The molecule has 2 rings (SSSR count). The van der Waals surface area contributed by atoms with Crippen LogP contribution in [-0.4, -0.2) is 53.1 Å². The van der Waals surface area contributed by atoms with E-state index in [-0.39, 0.29) is 30.8 Å². The van der Waals surface area contributed by atoms with Gasteiger partial charge in [-0.2, -0.15) is 0 Å². The molecule has 2 amide bonds. The number of hydrogen-bond donors (Lipinski definition) is 2. The van der Waals surface area contributed by atoms with E-state index in [4.69, 9.17) is 9.84 Å². The van der Waals surface area contributed by atoms with E-state index < -0.39 is 12.1 Å². The zero-order valence-electron chi connectivity index (χ0n) is 14.5. The maximum absolute atomic E-state index is 12.7. The van der Waals surface area contributed by atoms with Gasteiger partial charge in [0.2, 0.25) is 0 Å². The van der Waals surface area contributed by atoms with Gasteiger partial charge in [-0.3, -0.25) is 14.4 Å². The molecule has 1 aromatic rings. The first-order valence-electron chi connectivity index (χ1n) is 8.43. The van der Waals surface area contributed by atoms with Crippen LogP contribution in [0.15, 0.2) is 24.3 Å². The van der Waals surface area contributed by atoms with Crippen LogP contribution in [0.4, 0.5) is 5.69 Å². The van der Waals surface area contributed by atoms with E-state index in [1.807, 2.05) is 13.8 Å². The van der Waals surface area contributed by atoms with Crippen LogP contribution < -0.4 is 5.32 Å². The lowest BCUT2D eigenvalue weighted by molar-refractivity contribution is -0.137. The van der Waals surface area contributed by atoms with E-state index in [2.05, 4.69) is 5.32 Å². The molecule has 1 atom stereocenters. The van der Waals surface area contributed by atoms with Crippen molar-refractivity contribution in [2.75, 3.05) is 18.5 Å². The average Bonchev–Trinajstić information content (AvgIpc) is 3.09. The molecule has 0 saturated carbocycles. The van der Waals surface area contributed by atoms with Crippen LogP contribution >= 0.6 is 0 Å². The Labute approximate surface area is 147 Å². The van der Waals surface area contributed by atoms with Crippen molar-refractivity contribution in [1.82, 2.24) is 4.90 Å². The molecule has 0 spiro atoms. The molecule has 1 fully saturated rings. The molecular weight excluding hydrogens is 324 g/mol. The monoisotopic (exact) mass is 348 g/mol. The second-order valence-electron chi connectivity index (χ2n) is 6.31. The number of carboxylic acids is 1. The SMILES string of the molecule is CC(C)N(CCC(=O)O)C(=O)c1cccc(NC(=O)C2CCCO2)c1. The Hall–Kier alpha value is -2.41. The maximum atomic E-state index is 12.7. The number of carbonyl (C=O) groups excluding carboxylic acids is 2. The molecule has 1 saturated heterocycles. The summed E-state index contributed by atoms with van der Waals surface area (Å²) in [4.78, 5) is 37.1. The zero-order chi connectivity index (χ0) is 18.4. The van der Waals surface area contributed by atoms with Gasteiger partial charge in [0.1, 0.15) is 6.10 Å². The highest BCUT2D eigenvalue weighted by Gasteiger charge is 2.24. The third-order valence-electron chi connectivity index (χ3n) is 4.05. The summed E-state index contributed by atoms with van der Waals surface area (Å²) in [7, 11) is 0. The predicted octanol–water partition coefficient (Wildman–Crippen LogP) is 2.13. The highest BCUT2D eigenvalue weighted by molar-refractivity contribution is 5.98. The molecule has 0 radical (unpaired) electrons. The minimum Gasteiger partial charge on any atom is -0.481 e. The molecule has 7 nitrogen and oxygen atoms in total. The van der Waals surface area contributed by atoms with Gasteiger partial charge in [-0.05, 0) is 44.9 Å². The van der Waals surface area contributed by atoms with Gasteiger partial charge >= 0.3 is 5.97 Å². The maximum Gasteiger partial charge on any atom is 0.305 e. The number of aliphatic carboxylic acids is 1. The quantitative estimate of drug-likeness (QED) is 0.787. The molecule has 0 bridgehead atoms. The molecule has 25 heavy (non-hydrogen) atoms. The lowest BCUT2D eigenvalue weighted by Gasteiger charge is -2.26. The molecule has 0 aliphatic carbocycles. The number of anilines is 1.